The SMILES string of the molecule is CCCCNC(=O)CSc1nccc(N2CCN(c3ccc(OC)cc3)CC2)n1. The molecule has 3 rings (SSSR count). The summed E-state index contributed by atoms with van der Waals surface area (Å²) in [5, 5.41) is 3.56. The first-order valence-electron chi connectivity index (χ1n) is 10.1. The fraction of sp³-hybridized carbons (Fsp3) is 0.476. The lowest BCUT2D eigenvalue weighted by Gasteiger charge is -2.36. The van der Waals surface area contributed by atoms with E-state index in [1.165, 1.54) is 17.4 Å². The monoisotopic (exact) mass is 415 g/mol. The standard InChI is InChI=1S/C21H29N5O2S/c1-3-4-10-22-20(27)16-29-21-23-11-9-19(24-21)26-14-12-25(13-15-26)17-5-7-18(28-2)8-6-17/h5-9,11H,3-4,10,12-16H2,1-2H3,(H,22,27). The normalized spacial score (nSPS) is 14.0. The maximum atomic E-state index is 11.9. The van der Waals surface area contributed by atoms with E-state index in [-0.39, 0.29) is 5.91 Å². The quantitative estimate of drug-likeness (QED) is 0.384. The van der Waals surface area contributed by atoms with Crippen molar-refractivity contribution in [1.29, 1.82) is 0 Å². The topological polar surface area (TPSA) is 70.6 Å². The molecule has 8 heteroatoms. The Morgan fingerprint density at radius 2 is 1.86 bits per heavy atom. The van der Waals surface area contributed by atoms with Gasteiger partial charge in [0.1, 0.15) is 11.6 Å². The molecule has 0 aliphatic carbocycles. The number of piperazine rings is 1. The zero-order valence-corrected chi connectivity index (χ0v) is 18.0. The minimum absolute atomic E-state index is 0.0329. The minimum Gasteiger partial charge on any atom is -0.497 e. The molecule has 0 bridgehead atoms. The maximum Gasteiger partial charge on any atom is 0.230 e. The second-order valence-electron chi connectivity index (χ2n) is 6.86. The van der Waals surface area contributed by atoms with Crippen molar-refractivity contribution in [2.75, 3.05) is 55.4 Å². The average Bonchev–Trinajstić information content (AvgIpc) is 2.78. The summed E-state index contributed by atoms with van der Waals surface area (Å²) in [7, 11) is 1.68. The smallest absolute Gasteiger partial charge is 0.230 e. The van der Waals surface area contributed by atoms with Gasteiger partial charge in [-0.3, -0.25) is 4.79 Å². The number of benzene rings is 1. The van der Waals surface area contributed by atoms with Crippen LogP contribution in [0.3, 0.4) is 0 Å². The number of methoxy groups -OCH3 is 1. The van der Waals surface area contributed by atoms with Crippen LogP contribution >= 0.6 is 11.8 Å². The lowest BCUT2D eigenvalue weighted by molar-refractivity contribution is -0.118. The predicted molar refractivity (Wildman–Crippen MR) is 118 cm³/mol. The number of amides is 1. The van der Waals surface area contributed by atoms with Crippen molar-refractivity contribution in [3.8, 4) is 5.75 Å². The zero-order valence-electron chi connectivity index (χ0n) is 17.1. The Bertz CT molecular complexity index is 779. The van der Waals surface area contributed by atoms with Gasteiger partial charge in [0.15, 0.2) is 5.16 Å². The molecule has 0 unspecified atom stereocenters. The Morgan fingerprint density at radius 1 is 1.14 bits per heavy atom. The predicted octanol–water partition coefficient (Wildman–Crippen LogP) is 2.82. The van der Waals surface area contributed by atoms with Crippen LogP contribution in [0.1, 0.15) is 19.8 Å². The molecule has 29 heavy (non-hydrogen) atoms. The highest BCUT2D eigenvalue weighted by molar-refractivity contribution is 7.99. The van der Waals surface area contributed by atoms with Crippen LogP contribution in [0.2, 0.25) is 0 Å². The summed E-state index contributed by atoms with van der Waals surface area (Å²) in [6, 6.07) is 10.1. The largest absolute Gasteiger partial charge is 0.497 e. The van der Waals surface area contributed by atoms with Gasteiger partial charge in [0, 0.05) is 44.6 Å². The third kappa shape index (κ3) is 6.25. The molecular weight excluding hydrogens is 386 g/mol. The van der Waals surface area contributed by atoms with E-state index in [9.17, 15) is 4.79 Å². The van der Waals surface area contributed by atoms with Crippen molar-refractivity contribution >= 4 is 29.2 Å². The second-order valence-corrected chi connectivity index (χ2v) is 7.80. The molecule has 1 aromatic carbocycles. The molecule has 1 aliphatic rings. The van der Waals surface area contributed by atoms with Gasteiger partial charge in [0.2, 0.25) is 5.91 Å². The van der Waals surface area contributed by atoms with Gasteiger partial charge in [-0.2, -0.15) is 0 Å². The first kappa shape index (κ1) is 21.2. The summed E-state index contributed by atoms with van der Waals surface area (Å²) in [6.07, 6.45) is 3.85. The number of nitrogens with zero attached hydrogens (tertiary/aromatic N) is 4. The molecule has 1 aromatic heterocycles. The lowest BCUT2D eigenvalue weighted by atomic mass is 10.2. The lowest BCUT2D eigenvalue weighted by Crippen LogP contribution is -2.46. The number of rotatable bonds is 9. The number of unbranched alkanes of at least 4 members (excludes halogenated alkanes) is 1. The van der Waals surface area contributed by atoms with Gasteiger partial charge in [-0.05, 0) is 36.8 Å². The van der Waals surface area contributed by atoms with Crippen LogP contribution in [0.25, 0.3) is 0 Å². The van der Waals surface area contributed by atoms with E-state index in [1.807, 2.05) is 18.2 Å². The molecule has 0 atom stereocenters. The number of hydrogen-bond donors (Lipinski definition) is 1. The van der Waals surface area contributed by atoms with E-state index >= 15 is 0 Å². The molecule has 1 saturated heterocycles. The van der Waals surface area contributed by atoms with Gasteiger partial charge in [0.05, 0.1) is 12.9 Å². The van der Waals surface area contributed by atoms with Gasteiger partial charge in [-0.1, -0.05) is 25.1 Å². The van der Waals surface area contributed by atoms with Crippen LogP contribution in [0.5, 0.6) is 5.75 Å². The van der Waals surface area contributed by atoms with E-state index in [4.69, 9.17) is 4.74 Å². The average molecular weight is 416 g/mol. The molecule has 0 saturated carbocycles. The second kappa shape index (κ2) is 10.9. The highest BCUT2D eigenvalue weighted by atomic mass is 32.2. The third-order valence-corrected chi connectivity index (χ3v) is 5.71. The number of carbonyl (C=O) groups excluding carboxylic acids is 1. The Morgan fingerprint density at radius 3 is 2.55 bits per heavy atom. The molecular formula is C21H29N5O2S. The molecule has 2 heterocycles. The summed E-state index contributed by atoms with van der Waals surface area (Å²) >= 11 is 1.38. The number of ether oxygens (including phenoxy) is 1. The number of nitrogens with one attached hydrogen (secondary N) is 1. The van der Waals surface area contributed by atoms with Crippen LogP contribution < -0.4 is 19.9 Å². The maximum absolute atomic E-state index is 11.9. The molecule has 1 amide bonds. The summed E-state index contributed by atoms with van der Waals surface area (Å²) in [4.78, 5) is 25.5. The molecule has 1 N–H and O–H groups in total. The summed E-state index contributed by atoms with van der Waals surface area (Å²) in [6.45, 7) is 6.49. The fourth-order valence-corrected chi connectivity index (χ4v) is 3.81. The van der Waals surface area contributed by atoms with E-state index in [2.05, 4.69) is 44.1 Å². The summed E-state index contributed by atoms with van der Waals surface area (Å²) in [5.41, 5.74) is 1.21. The number of thioether (sulfide) groups is 1. The molecule has 0 radical (unpaired) electrons. The molecule has 1 fully saturated rings. The van der Waals surface area contributed by atoms with Gasteiger partial charge < -0.3 is 19.9 Å². The Labute approximate surface area is 176 Å². The van der Waals surface area contributed by atoms with Crippen LogP contribution in [-0.2, 0) is 4.79 Å². The Kier molecular flexibility index (Phi) is 7.98. The van der Waals surface area contributed by atoms with Crippen molar-refractivity contribution in [3.05, 3.63) is 36.5 Å². The van der Waals surface area contributed by atoms with Gasteiger partial charge in [-0.25, -0.2) is 9.97 Å². The fourth-order valence-electron chi connectivity index (χ4n) is 3.15. The molecule has 1 aliphatic heterocycles. The Balaban J connectivity index is 1.50. The van der Waals surface area contributed by atoms with E-state index in [1.54, 1.807) is 13.3 Å². The van der Waals surface area contributed by atoms with Crippen molar-refractivity contribution in [3.63, 3.8) is 0 Å². The number of hydrogen-bond acceptors (Lipinski definition) is 7. The summed E-state index contributed by atoms with van der Waals surface area (Å²) < 4.78 is 5.23. The highest BCUT2D eigenvalue weighted by Crippen LogP contribution is 2.23. The van der Waals surface area contributed by atoms with Crippen molar-refractivity contribution in [2.24, 2.45) is 0 Å². The summed E-state index contributed by atoms with van der Waals surface area (Å²) in [5.74, 6) is 2.17. The molecule has 2 aromatic rings. The number of carbonyl (C=O) groups is 1. The van der Waals surface area contributed by atoms with Gasteiger partial charge >= 0.3 is 0 Å². The zero-order chi connectivity index (χ0) is 20.5. The Hall–Kier alpha value is -2.48. The van der Waals surface area contributed by atoms with Crippen molar-refractivity contribution in [2.45, 2.75) is 24.9 Å². The van der Waals surface area contributed by atoms with Crippen LogP contribution in [0.4, 0.5) is 11.5 Å². The van der Waals surface area contributed by atoms with E-state index in [0.29, 0.717) is 10.9 Å². The van der Waals surface area contributed by atoms with Crippen molar-refractivity contribution < 1.29 is 9.53 Å². The molecule has 156 valence electrons. The molecule has 0 spiro atoms. The highest BCUT2D eigenvalue weighted by Gasteiger charge is 2.19. The first-order chi connectivity index (χ1) is 14.2. The van der Waals surface area contributed by atoms with Gasteiger partial charge in [0.25, 0.3) is 0 Å². The number of anilines is 2. The van der Waals surface area contributed by atoms with Crippen molar-refractivity contribution in [1.82, 2.24) is 15.3 Å². The van der Waals surface area contributed by atoms with Crippen LogP contribution in [0.15, 0.2) is 41.7 Å². The van der Waals surface area contributed by atoms with Crippen LogP contribution in [0, 0.1) is 0 Å². The molecule has 7 nitrogen and oxygen atoms in total. The van der Waals surface area contributed by atoms with Crippen LogP contribution in [-0.4, -0.2) is 61.5 Å². The van der Waals surface area contributed by atoms with E-state index in [0.717, 1.165) is 57.1 Å². The van der Waals surface area contributed by atoms with E-state index < -0.39 is 0 Å². The number of aromatic nitrogens is 2. The first-order valence-corrected chi connectivity index (χ1v) is 11.0. The third-order valence-electron chi connectivity index (χ3n) is 4.84. The van der Waals surface area contributed by atoms with Gasteiger partial charge in [-0.15, -0.1) is 0 Å². The minimum atomic E-state index is 0.0329.